The van der Waals surface area contributed by atoms with Crippen LogP contribution in [0, 0.1) is 10.1 Å². The second-order valence-corrected chi connectivity index (χ2v) is 5.99. The highest BCUT2D eigenvalue weighted by Crippen LogP contribution is 2.28. The summed E-state index contributed by atoms with van der Waals surface area (Å²) in [7, 11) is 0. The van der Waals surface area contributed by atoms with Crippen LogP contribution in [0.3, 0.4) is 0 Å². The van der Waals surface area contributed by atoms with Gasteiger partial charge in [-0.2, -0.15) is 0 Å². The average Bonchev–Trinajstić information content (AvgIpc) is 3.22. The van der Waals surface area contributed by atoms with Crippen LogP contribution in [0.4, 0.5) is 11.4 Å². The van der Waals surface area contributed by atoms with E-state index in [1.165, 1.54) is 30.5 Å². The molecule has 0 spiro atoms. The molecule has 0 unspecified atom stereocenters. The number of nitrogens with one attached hydrogen (secondary N) is 1. The van der Waals surface area contributed by atoms with Crippen molar-refractivity contribution in [2.24, 2.45) is 0 Å². The molecule has 3 aromatic rings. The maximum absolute atomic E-state index is 12.8. The summed E-state index contributed by atoms with van der Waals surface area (Å²) in [5, 5.41) is 13.5. The fourth-order valence-corrected chi connectivity index (χ4v) is 2.59. The zero-order chi connectivity index (χ0) is 20.1. The van der Waals surface area contributed by atoms with Crippen LogP contribution in [-0.2, 0) is 9.53 Å². The molecule has 8 nitrogen and oxygen atoms in total. The molecular weight excluding hydrogens is 388 g/mol. The number of halogens is 1. The van der Waals surface area contributed by atoms with Gasteiger partial charge in [0, 0.05) is 17.3 Å². The van der Waals surface area contributed by atoms with Crippen LogP contribution in [0.2, 0.25) is 5.02 Å². The number of hydrogen-bond donors (Lipinski definition) is 1. The first-order valence-corrected chi connectivity index (χ1v) is 8.38. The van der Waals surface area contributed by atoms with E-state index in [4.69, 9.17) is 20.8 Å². The molecule has 2 aromatic carbocycles. The van der Waals surface area contributed by atoms with E-state index >= 15 is 0 Å². The molecule has 0 saturated heterocycles. The van der Waals surface area contributed by atoms with E-state index in [0.717, 1.165) is 6.07 Å². The first-order valence-electron chi connectivity index (χ1n) is 8.00. The van der Waals surface area contributed by atoms with Crippen molar-refractivity contribution in [3.05, 3.63) is 93.4 Å². The van der Waals surface area contributed by atoms with E-state index < -0.39 is 22.9 Å². The van der Waals surface area contributed by atoms with Gasteiger partial charge in [-0.25, -0.2) is 4.79 Å². The van der Waals surface area contributed by atoms with Crippen molar-refractivity contribution < 1.29 is 23.7 Å². The minimum atomic E-state index is -1.30. The van der Waals surface area contributed by atoms with Gasteiger partial charge in [-0.05, 0) is 24.3 Å². The van der Waals surface area contributed by atoms with Gasteiger partial charge >= 0.3 is 5.97 Å². The summed E-state index contributed by atoms with van der Waals surface area (Å²) in [6.45, 7) is 0. The van der Waals surface area contributed by atoms with Crippen LogP contribution in [0.1, 0.15) is 22.2 Å². The normalized spacial score (nSPS) is 11.5. The van der Waals surface area contributed by atoms with Gasteiger partial charge < -0.3 is 14.5 Å². The van der Waals surface area contributed by atoms with E-state index in [1.807, 2.05) is 0 Å². The largest absolute Gasteiger partial charge is 0.457 e. The van der Waals surface area contributed by atoms with Crippen molar-refractivity contribution in [2.45, 2.75) is 6.10 Å². The first kappa shape index (κ1) is 19.1. The molecule has 9 heteroatoms. The number of esters is 1. The number of nitrogens with zero attached hydrogens (tertiary/aromatic N) is 1. The van der Waals surface area contributed by atoms with Crippen LogP contribution >= 0.6 is 11.6 Å². The Kier molecular flexibility index (Phi) is 5.71. The molecule has 0 aliphatic rings. The zero-order valence-corrected chi connectivity index (χ0v) is 15.0. The minimum absolute atomic E-state index is 0.0594. The molecule has 1 N–H and O–H groups in total. The fraction of sp³-hybridized carbons (Fsp3) is 0.0526. The molecule has 0 saturated carbocycles. The van der Waals surface area contributed by atoms with E-state index in [0.29, 0.717) is 5.56 Å². The Balaban J connectivity index is 1.86. The Morgan fingerprint density at radius 3 is 2.50 bits per heavy atom. The lowest BCUT2D eigenvalue weighted by Crippen LogP contribution is -2.25. The second kappa shape index (κ2) is 8.36. The number of rotatable bonds is 6. The van der Waals surface area contributed by atoms with Crippen LogP contribution < -0.4 is 5.32 Å². The smallest absolute Gasteiger partial charge is 0.375 e. The van der Waals surface area contributed by atoms with E-state index in [9.17, 15) is 19.7 Å². The van der Waals surface area contributed by atoms with Crippen molar-refractivity contribution >= 4 is 34.9 Å². The van der Waals surface area contributed by atoms with Gasteiger partial charge in [0.2, 0.25) is 11.9 Å². The Morgan fingerprint density at radius 2 is 1.86 bits per heavy atom. The van der Waals surface area contributed by atoms with Gasteiger partial charge in [-0.3, -0.25) is 14.9 Å². The number of hydrogen-bond acceptors (Lipinski definition) is 6. The number of amides is 1. The third-order valence-corrected chi connectivity index (χ3v) is 4.02. The molecular formula is C19H13ClN2O6. The van der Waals surface area contributed by atoms with Gasteiger partial charge in [0.1, 0.15) is 5.02 Å². The molecule has 0 bridgehead atoms. The van der Waals surface area contributed by atoms with Crippen LogP contribution in [0.5, 0.6) is 0 Å². The predicted octanol–water partition coefficient (Wildman–Crippen LogP) is 4.38. The molecule has 1 aromatic heterocycles. The molecule has 1 atom stereocenters. The van der Waals surface area contributed by atoms with Crippen molar-refractivity contribution in [3.63, 3.8) is 0 Å². The van der Waals surface area contributed by atoms with Gasteiger partial charge in [0.05, 0.1) is 11.2 Å². The number of carbonyl (C=O) groups excluding carboxylic acids is 2. The van der Waals surface area contributed by atoms with Gasteiger partial charge in [-0.1, -0.05) is 41.9 Å². The molecule has 0 aliphatic carbocycles. The van der Waals surface area contributed by atoms with Gasteiger partial charge in [0.25, 0.3) is 11.6 Å². The first-order chi connectivity index (χ1) is 13.5. The lowest BCUT2D eigenvalue weighted by molar-refractivity contribution is -0.384. The predicted molar refractivity (Wildman–Crippen MR) is 100 cm³/mol. The molecule has 1 amide bonds. The van der Waals surface area contributed by atoms with E-state index in [2.05, 4.69) is 5.32 Å². The van der Waals surface area contributed by atoms with Gasteiger partial charge in [-0.15, -0.1) is 0 Å². The van der Waals surface area contributed by atoms with Crippen LogP contribution in [0.25, 0.3) is 0 Å². The Morgan fingerprint density at radius 1 is 1.11 bits per heavy atom. The van der Waals surface area contributed by atoms with E-state index in [-0.39, 0.29) is 22.2 Å². The molecule has 0 radical (unpaired) electrons. The van der Waals surface area contributed by atoms with Crippen molar-refractivity contribution in [2.75, 3.05) is 5.32 Å². The van der Waals surface area contributed by atoms with Gasteiger partial charge in [0.15, 0.2) is 0 Å². The molecule has 142 valence electrons. The Hall–Kier alpha value is -3.65. The highest BCUT2D eigenvalue weighted by molar-refractivity contribution is 6.32. The number of nitro groups is 1. The molecule has 3 rings (SSSR count). The third kappa shape index (κ3) is 4.36. The summed E-state index contributed by atoms with van der Waals surface area (Å²) in [5.41, 5.74) is 0.197. The quantitative estimate of drug-likeness (QED) is 0.373. The van der Waals surface area contributed by atoms with Crippen molar-refractivity contribution in [1.82, 2.24) is 0 Å². The summed E-state index contributed by atoms with van der Waals surface area (Å²) in [5.74, 6) is -1.57. The second-order valence-electron chi connectivity index (χ2n) is 5.59. The van der Waals surface area contributed by atoms with Crippen LogP contribution in [-0.4, -0.2) is 16.8 Å². The monoisotopic (exact) mass is 400 g/mol. The third-order valence-electron chi connectivity index (χ3n) is 3.70. The number of anilines is 1. The summed E-state index contributed by atoms with van der Waals surface area (Å²) < 4.78 is 10.3. The fourth-order valence-electron chi connectivity index (χ4n) is 2.40. The number of ether oxygens (including phenoxy) is 1. The summed E-state index contributed by atoms with van der Waals surface area (Å²) in [4.78, 5) is 35.4. The molecule has 1 heterocycles. The highest BCUT2D eigenvalue weighted by Gasteiger charge is 2.27. The van der Waals surface area contributed by atoms with Crippen LogP contribution in [0.15, 0.2) is 71.3 Å². The summed E-state index contributed by atoms with van der Waals surface area (Å²) in [6.07, 6.45) is 0.00892. The lowest BCUT2D eigenvalue weighted by atomic mass is 10.1. The van der Waals surface area contributed by atoms with Crippen molar-refractivity contribution in [3.8, 4) is 0 Å². The lowest BCUT2D eigenvalue weighted by Gasteiger charge is -2.17. The average molecular weight is 401 g/mol. The number of carbonyl (C=O) groups is 2. The zero-order valence-electron chi connectivity index (χ0n) is 14.2. The number of benzene rings is 2. The standard InChI is InChI=1S/C19H13ClN2O6/c20-14-9-8-13(11-15(14)22(25)26)21-18(23)17(12-5-2-1-3-6-12)28-19(24)16-7-4-10-27-16/h1-11,17H,(H,21,23)/t17-/m1/s1. The molecule has 28 heavy (non-hydrogen) atoms. The molecule has 0 fully saturated rings. The highest BCUT2D eigenvalue weighted by atomic mass is 35.5. The molecule has 0 aliphatic heterocycles. The maximum Gasteiger partial charge on any atom is 0.375 e. The van der Waals surface area contributed by atoms with Crippen molar-refractivity contribution in [1.29, 1.82) is 0 Å². The Labute approximate surface area is 163 Å². The summed E-state index contributed by atoms with van der Waals surface area (Å²) in [6, 6.07) is 15.1. The van der Waals surface area contributed by atoms with E-state index in [1.54, 1.807) is 30.3 Å². The minimum Gasteiger partial charge on any atom is -0.457 e. The number of nitro benzene ring substituents is 1. The topological polar surface area (TPSA) is 112 Å². The maximum atomic E-state index is 12.8. The Bertz CT molecular complexity index is 1000. The summed E-state index contributed by atoms with van der Waals surface area (Å²) >= 11 is 5.78. The SMILES string of the molecule is O=C(O[C@@H](C(=O)Nc1ccc(Cl)c([N+](=O)[O-])c1)c1ccccc1)c1ccco1. The number of furan rings is 1.